The van der Waals surface area contributed by atoms with E-state index in [1.807, 2.05) is 18.2 Å². The average Bonchev–Trinajstić information content (AvgIpc) is 2.92. The normalized spacial score (nSPS) is 25.2. The second-order valence-electron chi connectivity index (χ2n) is 7.00. The summed E-state index contributed by atoms with van der Waals surface area (Å²) >= 11 is 0. The first-order valence-electron chi connectivity index (χ1n) is 8.82. The summed E-state index contributed by atoms with van der Waals surface area (Å²) in [6.07, 6.45) is 2.23. The molecule has 0 radical (unpaired) electrons. The van der Waals surface area contributed by atoms with Crippen LogP contribution in [0.1, 0.15) is 41.1 Å². The lowest BCUT2D eigenvalue weighted by Gasteiger charge is -2.28. The SMILES string of the molecule is O=C(O)c1cccc(N2C(=O)C3CCC(c4ccccc4)CC3C2=O)c1. The summed E-state index contributed by atoms with van der Waals surface area (Å²) < 4.78 is 0. The number of amides is 2. The van der Waals surface area contributed by atoms with Crippen molar-refractivity contribution in [3.8, 4) is 0 Å². The lowest BCUT2D eigenvalue weighted by atomic mass is 9.73. The van der Waals surface area contributed by atoms with Crippen LogP contribution in [0.15, 0.2) is 54.6 Å². The van der Waals surface area contributed by atoms with Gasteiger partial charge in [0.1, 0.15) is 0 Å². The molecule has 132 valence electrons. The molecular weight excluding hydrogens is 330 g/mol. The number of imide groups is 1. The molecule has 5 heteroatoms. The molecule has 2 aromatic rings. The molecule has 0 bridgehead atoms. The average molecular weight is 349 g/mol. The van der Waals surface area contributed by atoms with Gasteiger partial charge in [-0.2, -0.15) is 0 Å². The van der Waals surface area contributed by atoms with Crippen LogP contribution in [-0.4, -0.2) is 22.9 Å². The van der Waals surface area contributed by atoms with Gasteiger partial charge in [-0.15, -0.1) is 0 Å². The van der Waals surface area contributed by atoms with Crippen molar-refractivity contribution < 1.29 is 19.5 Å². The van der Waals surface area contributed by atoms with Crippen LogP contribution in [0.4, 0.5) is 5.69 Å². The first kappa shape index (κ1) is 16.5. The van der Waals surface area contributed by atoms with E-state index in [1.165, 1.54) is 22.6 Å². The minimum absolute atomic E-state index is 0.0696. The molecule has 0 spiro atoms. The number of hydrogen-bond donors (Lipinski definition) is 1. The molecule has 0 aromatic heterocycles. The second-order valence-corrected chi connectivity index (χ2v) is 7.00. The molecule has 1 saturated heterocycles. The number of carboxylic acids is 1. The van der Waals surface area contributed by atoms with Crippen molar-refractivity contribution in [1.82, 2.24) is 0 Å². The maximum atomic E-state index is 13.0. The van der Waals surface area contributed by atoms with Crippen molar-refractivity contribution in [2.24, 2.45) is 11.8 Å². The Morgan fingerprint density at radius 3 is 2.38 bits per heavy atom. The first-order valence-corrected chi connectivity index (χ1v) is 8.82. The summed E-state index contributed by atoms with van der Waals surface area (Å²) in [4.78, 5) is 38.2. The van der Waals surface area contributed by atoms with Gasteiger partial charge in [0.2, 0.25) is 11.8 Å². The second kappa shape index (κ2) is 6.41. The van der Waals surface area contributed by atoms with Crippen LogP contribution in [0, 0.1) is 11.8 Å². The number of nitrogens with zero attached hydrogens (tertiary/aromatic N) is 1. The lowest BCUT2D eigenvalue weighted by molar-refractivity contribution is -0.122. The van der Waals surface area contributed by atoms with E-state index in [1.54, 1.807) is 12.1 Å². The zero-order valence-corrected chi connectivity index (χ0v) is 14.2. The third kappa shape index (κ3) is 2.69. The van der Waals surface area contributed by atoms with Gasteiger partial charge in [0.15, 0.2) is 0 Å². The minimum Gasteiger partial charge on any atom is -0.478 e. The summed E-state index contributed by atoms with van der Waals surface area (Å²) in [6, 6.07) is 16.1. The lowest BCUT2D eigenvalue weighted by Crippen LogP contribution is -2.31. The number of fused-ring (bicyclic) bond motifs is 1. The Morgan fingerprint density at radius 2 is 1.65 bits per heavy atom. The molecule has 2 amide bonds. The number of carbonyl (C=O) groups excluding carboxylic acids is 2. The standard InChI is InChI=1S/C21H19NO4/c23-19-17-10-9-14(13-5-2-1-3-6-13)12-18(17)20(24)22(19)16-8-4-7-15(11-16)21(25)26/h1-8,11,14,17-18H,9-10,12H2,(H,25,26). The van der Waals surface area contributed by atoms with Crippen molar-refractivity contribution >= 4 is 23.5 Å². The van der Waals surface area contributed by atoms with Crippen molar-refractivity contribution in [2.75, 3.05) is 4.90 Å². The van der Waals surface area contributed by atoms with Crippen LogP contribution in [0.2, 0.25) is 0 Å². The number of aromatic carboxylic acids is 1. The smallest absolute Gasteiger partial charge is 0.335 e. The third-order valence-corrected chi connectivity index (χ3v) is 5.55. The highest BCUT2D eigenvalue weighted by molar-refractivity contribution is 6.22. The molecular formula is C21H19NO4. The minimum atomic E-state index is -1.08. The van der Waals surface area contributed by atoms with E-state index in [2.05, 4.69) is 12.1 Å². The molecule has 1 saturated carbocycles. The van der Waals surface area contributed by atoms with Crippen LogP contribution < -0.4 is 4.90 Å². The molecule has 4 rings (SSSR count). The van der Waals surface area contributed by atoms with E-state index in [9.17, 15) is 14.4 Å². The quantitative estimate of drug-likeness (QED) is 0.861. The van der Waals surface area contributed by atoms with Crippen LogP contribution in [0.25, 0.3) is 0 Å². The molecule has 1 heterocycles. The number of benzene rings is 2. The van der Waals surface area contributed by atoms with Crippen LogP contribution in [0.5, 0.6) is 0 Å². The monoisotopic (exact) mass is 349 g/mol. The fraction of sp³-hybridized carbons (Fsp3) is 0.286. The molecule has 2 aliphatic rings. The zero-order valence-electron chi connectivity index (χ0n) is 14.2. The van der Waals surface area contributed by atoms with E-state index in [0.29, 0.717) is 18.5 Å². The maximum Gasteiger partial charge on any atom is 0.335 e. The molecule has 3 unspecified atom stereocenters. The van der Waals surface area contributed by atoms with E-state index < -0.39 is 5.97 Å². The molecule has 3 atom stereocenters. The Kier molecular flexibility index (Phi) is 4.07. The molecule has 1 N–H and O–H groups in total. The van der Waals surface area contributed by atoms with Crippen LogP contribution in [0.3, 0.4) is 0 Å². The molecule has 2 fully saturated rings. The molecule has 26 heavy (non-hydrogen) atoms. The topological polar surface area (TPSA) is 74.7 Å². The highest BCUT2D eigenvalue weighted by Crippen LogP contribution is 2.45. The van der Waals surface area contributed by atoms with Gasteiger partial charge in [-0.3, -0.25) is 14.5 Å². The van der Waals surface area contributed by atoms with E-state index in [-0.39, 0.29) is 35.1 Å². The van der Waals surface area contributed by atoms with Gasteiger partial charge in [0, 0.05) is 0 Å². The number of hydrogen-bond acceptors (Lipinski definition) is 3. The van der Waals surface area contributed by atoms with Crippen molar-refractivity contribution in [3.63, 3.8) is 0 Å². The predicted molar refractivity (Wildman–Crippen MR) is 95.9 cm³/mol. The summed E-state index contributed by atoms with van der Waals surface area (Å²) in [5.74, 6) is -1.82. The van der Waals surface area contributed by atoms with Gasteiger partial charge < -0.3 is 5.11 Å². The fourth-order valence-electron chi connectivity index (χ4n) is 4.24. The fourth-order valence-corrected chi connectivity index (χ4v) is 4.24. The van der Waals surface area contributed by atoms with Gasteiger partial charge >= 0.3 is 5.97 Å². The Bertz CT molecular complexity index is 877. The number of carbonyl (C=O) groups is 3. The number of anilines is 1. The van der Waals surface area contributed by atoms with Crippen molar-refractivity contribution in [2.45, 2.75) is 25.2 Å². The van der Waals surface area contributed by atoms with E-state index in [4.69, 9.17) is 5.11 Å². The van der Waals surface area contributed by atoms with Gasteiger partial charge in [-0.1, -0.05) is 36.4 Å². The van der Waals surface area contributed by atoms with Crippen LogP contribution in [-0.2, 0) is 9.59 Å². The Balaban J connectivity index is 1.61. The highest BCUT2D eigenvalue weighted by Gasteiger charge is 2.50. The summed E-state index contributed by atoms with van der Waals surface area (Å²) in [5, 5.41) is 9.16. The number of carboxylic acid groups (broad SMARTS) is 1. The van der Waals surface area contributed by atoms with Crippen molar-refractivity contribution in [1.29, 1.82) is 0 Å². The zero-order chi connectivity index (χ0) is 18.3. The third-order valence-electron chi connectivity index (χ3n) is 5.55. The van der Waals surface area contributed by atoms with Gasteiger partial charge in [0.05, 0.1) is 23.1 Å². The first-order chi connectivity index (χ1) is 12.6. The predicted octanol–water partition coefficient (Wildman–Crippen LogP) is 3.46. The highest BCUT2D eigenvalue weighted by atomic mass is 16.4. The largest absolute Gasteiger partial charge is 0.478 e. The molecule has 1 aliphatic heterocycles. The Morgan fingerprint density at radius 1 is 0.923 bits per heavy atom. The van der Waals surface area contributed by atoms with Crippen molar-refractivity contribution in [3.05, 3.63) is 65.7 Å². The Hall–Kier alpha value is -2.95. The summed E-state index contributed by atoms with van der Waals surface area (Å²) in [5.41, 5.74) is 1.63. The molecule has 5 nitrogen and oxygen atoms in total. The van der Waals surface area contributed by atoms with Gasteiger partial charge in [-0.05, 0) is 48.9 Å². The van der Waals surface area contributed by atoms with Crippen LogP contribution >= 0.6 is 0 Å². The molecule has 1 aliphatic carbocycles. The van der Waals surface area contributed by atoms with Gasteiger partial charge in [-0.25, -0.2) is 4.79 Å². The Labute approximate surface area is 151 Å². The number of rotatable bonds is 3. The summed E-state index contributed by atoms with van der Waals surface area (Å²) in [7, 11) is 0. The molecule has 2 aromatic carbocycles. The maximum absolute atomic E-state index is 13.0. The summed E-state index contributed by atoms with van der Waals surface area (Å²) in [6.45, 7) is 0. The van der Waals surface area contributed by atoms with E-state index >= 15 is 0 Å². The van der Waals surface area contributed by atoms with Gasteiger partial charge in [0.25, 0.3) is 0 Å². The van der Waals surface area contributed by atoms with E-state index in [0.717, 1.165) is 6.42 Å².